The van der Waals surface area contributed by atoms with Crippen LogP contribution in [0.4, 0.5) is 0 Å². The Morgan fingerprint density at radius 1 is 1.09 bits per heavy atom. The van der Waals surface area contributed by atoms with Gasteiger partial charge in [-0.15, -0.1) is 0 Å². The van der Waals surface area contributed by atoms with Crippen LogP contribution in [0.1, 0.15) is 10.4 Å². The standard InChI is InChI=1S/C18H14N2O3/c1-2-22-14-7-8-15-16(11-14)20-10-9-17(15)23-13-5-3-12(4-6-13)18(19)21/h2-11H,1H2,(H2,19,21). The summed E-state index contributed by atoms with van der Waals surface area (Å²) in [4.78, 5) is 15.4. The molecule has 1 aromatic heterocycles. The van der Waals surface area contributed by atoms with Gasteiger partial charge in [-0.05, 0) is 42.5 Å². The van der Waals surface area contributed by atoms with Gasteiger partial charge < -0.3 is 15.2 Å². The number of pyridine rings is 1. The first-order valence-corrected chi connectivity index (χ1v) is 6.91. The van der Waals surface area contributed by atoms with Crippen molar-refractivity contribution < 1.29 is 14.3 Å². The minimum absolute atomic E-state index is 0.433. The van der Waals surface area contributed by atoms with E-state index in [4.69, 9.17) is 15.2 Å². The molecule has 0 radical (unpaired) electrons. The molecule has 2 N–H and O–H groups in total. The summed E-state index contributed by atoms with van der Waals surface area (Å²) in [6.07, 6.45) is 3.02. The number of amides is 1. The van der Waals surface area contributed by atoms with Crippen LogP contribution in [0.15, 0.2) is 67.6 Å². The van der Waals surface area contributed by atoms with Crippen LogP contribution in [0.3, 0.4) is 0 Å². The predicted octanol–water partition coefficient (Wildman–Crippen LogP) is 3.65. The zero-order valence-electron chi connectivity index (χ0n) is 12.2. The van der Waals surface area contributed by atoms with Crippen molar-refractivity contribution in [1.29, 1.82) is 0 Å². The highest BCUT2D eigenvalue weighted by molar-refractivity contribution is 5.92. The van der Waals surface area contributed by atoms with Crippen LogP contribution in [0.25, 0.3) is 10.9 Å². The number of primary amides is 1. The van der Waals surface area contributed by atoms with Gasteiger partial charge in [-0.25, -0.2) is 0 Å². The summed E-state index contributed by atoms with van der Waals surface area (Å²) >= 11 is 0. The molecular weight excluding hydrogens is 292 g/mol. The highest BCUT2D eigenvalue weighted by Crippen LogP contribution is 2.30. The lowest BCUT2D eigenvalue weighted by molar-refractivity contribution is 0.100. The van der Waals surface area contributed by atoms with Gasteiger partial charge in [0, 0.05) is 23.2 Å². The lowest BCUT2D eigenvalue weighted by Crippen LogP contribution is -2.10. The second-order valence-corrected chi connectivity index (χ2v) is 4.76. The first-order chi connectivity index (χ1) is 11.2. The van der Waals surface area contributed by atoms with Crippen molar-refractivity contribution in [2.24, 2.45) is 5.73 Å². The van der Waals surface area contributed by atoms with Crippen molar-refractivity contribution in [3.05, 3.63) is 73.1 Å². The molecule has 114 valence electrons. The van der Waals surface area contributed by atoms with Crippen LogP contribution in [0.5, 0.6) is 17.2 Å². The molecule has 0 spiro atoms. The summed E-state index contributed by atoms with van der Waals surface area (Å²) < 4.78 is 11.1. The van der Waals surface area contributed by atoms with E-state index >= 15 is 0 Å². The molecule has 0 aliphatic heterocycles. The molecule has 2 aromatic carbocycles. The number of hydrogen-bond donors (Lipinski definition) is 1. The van der Waals surface area contributed by atoms with Crippen LogP contribution in [-0.4, -0.2) is 10.9 Å². The van der Waals surface area contributed by atoms with Crippen LogP contribution >= 0.6 is 0 Å². The second kappa shape index (κ2) is 6.19. The van der Waals surface area contributed by atoms with Gasteiger partial charge >= 0.3 is 0 Å². The first kappa shape index (κ1) is 14.6. The molecule has 1 heterocycles. The molecular formula is C18H14N2O3. The van der Waals surface area contributed by atoms with E-state index in [2.05, 4.69) is 11.6 Å². The molecule has 1 amide bonds. The molecule has 23 heavy (non-hydrogen) atoms. The SMILES string of the molecule is C=COc1ccc2c(Oc3ccc(C(N)=O)cc3)ccnc2c1. The van der Waals surface area contributed by atoms with Crippen molar-refractivity contribution in [3.63, 3.8) is 0 Å². The number of benzene rings is 2. The number of nitrogens with two attached hydrogens (primary N) is 1. The fourth-order valence-corrected chi connectivity index (χ4v) is 2.17. The summed E-state index contributed by atoms with van der Waals surface area (Å²) in [6, 6.07) is 13.9. The monoisotopic (exact) mass is 306 g/mol. The van der Waals surface area contributed by atoms with E-state index in [1.807, 2.05) is 12.1 Å². The van der Waals surface area contributed by atoms with Gasteiger partial charge in [0.1, 0.15) is 17.2 Å². The van der Waals surface area contributed by atoms with E-state index in [0.717, 1.165) is 10.9 Å². The molecule has 0 saturated carbocycles. The Kier molecular flexibility index (Phi) is 3.93. The Bertz CT molecular complexity index is 873. The fourth-order valence-electron chi connectivity index (χ4n) is 2.17. The average Bonchev–Trinajstić information content (AvgIpc) is 2.56. The third kappa shape index (κ3) is 3.13. The van der Waals surface area contributed by atoms with Gasteiger partial charge in [-0.3, -0.25) is 9.78 Å². The molecule has 5 nitrogen and oxygen atoms in total. The largest absolute Gasteiger partial charge is 0.466 e. The van der Waals surface area contributed by atoms with Gasteiger partial charge in [0.25, 0.3) is 0 Å². The van der Waals surface area contributed by atoms with E-state index in [-0.39, 0.29) is 0 Å². The molecule has 3 rings (SSSR count). The highest BCUT2D eigenvalue weighted by atomic mass is 16.5. The van der Waals surface area contributed by atoms with Crippen LogP contribution in [0, 0.1) is 0 Å². The van der Waals surface area contributed by atoms with Gasteiger partial charge in [0.05, 0.1) is 11.8 Å². The van der Waals surface area contributed by atoms with E-state index in [1.54, 1.807) is 42.6 Å². The number of nitrogens with zero attached hydrogens (tertiary/aromatic N) is 1. The van der Waals surface area contributed by atoms with Crippen LogP contribution in [-0.2, 0) is 0 Å². The Hall–Kier alpha value is -3.34. The number of fused-ring (bicyclic) bond motifs is 1. The van der Waals surface area contributed by atoms with Gasteiger partial charge in [0.2, 0.25) is 5.91 Å². The van der Waals surface area contributed by atoms with Gasteiger partial charge in [0.15, 0.2) is 0 Å². The Morgan fingerprint density at radius 2 is 1.83 bits per heavy atom. The molecule has 0 aliphatic carbocycles. The molecule has 0 aliphatic rings. The lowest BCUT2D eigenvalue weighted by Gasteiger charge is -2.09. The van der Waals surface area contributed by atoms with E-state index in [1.165, 1.54) is 6.26 Å². The summed E-state index contributed by atoms with van der Waals surface area (Å²) in [7, 11) is 0. The first-order valence-electron chi connectivity index (χ1n) is 6.91. The summed E-state index contributed by atoms with van der Waals surface area (Å²) in [5.41, 5.74) is 6.40. The summed E-state index contributed by atoms with van der Waals surface area (Å²) in [5, 5.41) is 0.850. The second-order valence-electron chi connectivity index (χ2n) is 4.76. The quantitative estimate of drug-likeness (QED) is 0.730. The summed E-state index contributed by atoms with van der Waals surface area (Å²) in [5.74, 6) is 1.45. The normalized spacial score (nSPS) is 10.3. The number of hydrogen-bond acceptors (Lipinski definition) is 4. The summed E-state index contributed by atoms with van der Waals surface area (Å²) in [6.45, 7) is 3.53. The van der Waals surface area contributed by atoms with Crippen molar-refractivity contribution in [3.8, 4) is 17.2 Å². The molecule has 0 bridgehead atoms. The third-order valence-corrected chi connectivity index (χ3v) is 3.26. The van der Waals surface area contributed by atoms with Crippen molar-refractivity contribution in [1.82, 2.24) is 4.98 Å². The third-order valence-electron chi connectivity index (χ3n) is 3.26. The van der Waals surface area contributed by atoms with E-state index in [9.17, 15) is 4.79 Å². The van der Waals surface area contributed by atoms with Crippen LogP contribution in [0.2, 0.25) is 0 Å². The Morgan fingerprint density at radius 3 is 2.52 bits per heavy atom. The maximum Gasteiger partial charge on any atom is 0.248 e. The lowest BCUT2D eigenvalue weighted by atomic mass is 10.2. The molecule has 0 atom stereocenters. The predicted molar refractivity (Wildman–Crippen MR) is 87.6 cm³/mol. The minimum Gasteiger partial charge on any atom is -0.466 e. The topological polar surface area (TPSA) is 74.4 Å². The maximum atomic E-state index is 11.1. The minimum atomic E-state index is -0.472. The molecule has 0 unspecified atom stereocenters. The Balaban J connectivity index is 1.93. The smallest absolute Gasteiger partial charge is 0.248 e. The Labute approximate surface area is 133 Å². The van der Waals surface area contributed by atoms with Crippen molar-refractivity contribution in [2.75, 3.05) is 0 Å². The maximum absolute atomic E-state index is 11.1. The number of aromatic nitrogens is 1. The van der Waals surface area contributed by atoms with Crippen LogP contribution < -0.4 is 15.2 Å². The molecule has 0 fully saturated rings. The van der Waals surface area contributed by atoms with Gasteiger partial charge in [-0.2, -0.15) is 0 Å². The average molecular weight is 306 g/mol. The van der Waals surface area contributed by atoms with E-state index in [0.29, 0.717) is 22.8 Å². The zero-order valence-corrected chi connectivity index (χ0v) is 12.2. The fraction of sp³-hybridized carbons (Fsp3) is 0. The van der Waals surface area contributed by atoms with E-state index < -0.39 is 5.91 Å². The van der Waals surface area contributed by atoms with Crippen molar-refractivity contribution in [2.45, 2.75) is 0 Å². The zero-order chi connectivity index (χ0) is 16.2. The highest BCUT2D eigenvalue weighted by Gasteiger charge is 2.07. The molecule has 0 saturated heterocycles. The molecule has 5 heteroatoms. The molecule has 3 aromatic rings. The van der Waals surface area contributed by atoms with Crippen molar-refractivity contribution >= 4 is 16.8 Å². The number of carbonyl (C=O) groups is 1. The number of rotatable bonds is 5. The number of carbonyl (C=O) groups excluding carboxylic acids is 1. The van der Waals surface area contributed by atoms with Gasteiger partial charge in [-0.1, -0.05) is 6.58 Å². The number of ether oxygens (including phenoxy) is 2.